The van der Waals surface area contributed by atoms with Crippen LogP contribution in [0.4, 0.5) is 0 Å². The van der Waals surface area contributed by atoms with Crippen molar-refractivity contribution in [3.63, 3.8) is 0 Å². The highest BCUT2D eigenvalue weighted by atomic mass is 16.6. The van der Waals surface area contributed by atoms with Crippen molar-refractivity contribution in [1.82, 2.24) is 0 Å². The van der Waals surface area contributed by atoms with E-state index in [1.165, 1.54) is 0 Å². The summed E-state index contributed by atoms with van der Waals surface area (Å²) in [5.74, 6) is -0.986. The molecule has 0 spiro atoms. The lowest BCUT2D eigenvalue weighted by atomic mass is 9.91. The first kappa shape index (κ1) is 8.24. The zero-order valence-electron chi connectivity index (χ0n) is 7.01. The molecule has 1 aliphatic rings. The van der Waals surface area contributed by atoms with Crippen molar-refractivity contribution in [3.8, 4) is 0 Å². The molecule has 1 aliphatic heterocycles. The van der Waals surface area contributed by atoms with Gasteiger partial charge in [-0.25, -0.2) is 0 Å². The summed E-state index contributed by atoms with van der Waals surface area (Å²) >= 11 is 0. The molecule has 0 amide bonds. The Morgan fingerprint density at radius 3 is 2.45 bits per heavy atom. The number of rotatable bonds is 0. The Labute approximate surface area is 65.7 Å². The second-order valence-corrected chi connectivity index (χ2v) is 3.55. The first-order valence-electron chi connectivity index (χ1n) is 3.68. The van der Waals surface area contributed by atoms with Crippen LogP contribution >= 0.6 is 0 Å². The third kappa shape index (κ3) is 1.59. The molecule has 0 aromatic rings. The lowest BCUT2D eigenvalue weighted by molar-refractivity contribution is -0.172. The van der Waals surface area contributed by atoms with Crippen LogP contribution in [-0.4, -0.2) is 17.4 Å². The Hall–Kier alpha value is -0.860. The van der Waals surface area contributed by atoms with Crippen LogP contribution in [0.3, 0.4) is 0 Å². The molecule has 0 bridgehead atoms. The molecule has 3 nitrogen and oxygen atoms in total. The Morgan fingerprint density at radius 1 is 1.45 bits per heavy atom. The van der Waals surface area contributed by atoms with Gasteiger partial charge in [0.1, 0.15) is 11.5 Å². The van der Waals surface area contributed by atoms with Gasteiger partial charge in [-0.1, -0.05) is 0 Å². The zero-order valence-corrected chi connectivity index (χ0v) is 7.01. The van der Waals surface area contributed by atoms with Crippen LogP contribution in [0.2, 0.25) is 0 Å². The van der Waals surface area contributed by atoms with Crippen molar-refractivity contribution in [1.29, 1.82) is 0 Å². The summed E-state index contributed by atoms with van der Waals surface area (Å²) in [4.78, 5) is 22.1. The van der Waals surface area contributed by atoms with Crippen molar-refractivity contribution in [2.75, 3.05) is 0 Å². The molecule has 0 aromatic heterocycles. The number of ketones is 1. The van der Waals surface area contributed by atoms with Crippen LogP contribution < -0.4 is 0 Å². The van der Waals surface area contributed by atoms with Crippen molar-refractivity contribution in [2.24, 2.45) is 5.92 Å². The Kier molecular flexibility index (Phi) is 1.74. The van der Waals surface area contributed by atoms with Gasteiger partial charge in [-0.3, -0.25) is 9.59 Å². The van der Waals surface area contributed by atoms with Gasteiger partial charge in [0.25, 0.3) is 0 Å². The molecule has 1 heterocycles. The van der Waals surface area contributed by atoms with Crippen LogP contribution in [0.1, 0.15) is 27.2 Å². The van der Waals surface area contributed by atoms with Crippen molar-refractivity contribution < 1.29 is 14.3 Å². The third-order valence-electron chi connectivity index (χ3n) is 1.81. The fraction of sp³-hybridized carbons (Fsp3) is 0.750. The minimum atomic E-state index is -0.597. The summed E-state index contributed by atoms with van der Waals surface area (Å²) < 4.78 is 5.00. The highest BCUT2D eigenvalue weighted by Crippen LogP contribution is 2.25. The molecule has 0 aromatic carbocycles. The number of cyclic esters (lactones) is 1. The maximum atomic E-state index is 11.1. The molecule has 0 N–H and O–H groups in total. The van der Waals surface area contributed by atoms with Gasteiger partial charge >= 0.3 is 5.97 Å². The number of carbonyl (C=O) groups is 2. The van der Waals surface area contributed by atoms with E-state index in [1.807, 2.05) is 0 Å². The molecule has 11 heavy (non-hydrogen) atoms. The summed E-state index contributed by atoms with van der Waals surface area (Å²) in [6, 6.07) is 0. The lowest BCUT2D eigenvalue weighted by Crippen LogP contribution is -2.42. The second kappa shape index (κ2) is 2.32. The molecule has 1 saturated heterocycles. The maximum Gasteiger partial charge on any atom is 0.316 e. The summed E-state index contributed by atoms with van der Waals surface area (Å²) in [5, 5.41) is 0. The zero-order chi connectivity index (χ0) is 8.65. The van der Waals surface area contributed by atoms with Gasteiger partial charge in [-0.05, 0) is 20.8 Å². The minimum absolute atomic E-state index is 0.0220. The van der Waals surface area contributed by atoms with E-state index in [-0.39, 0.29) is 5.78 Å². The summed E-state index contributed by atoms with van der Waals surface area (Å²) in [5.41, 5.74) is -0.597. The normalized spacial score (nSPS) is 29.9. The van der Waals surface area contributed by atoms with E-state index >= 15 is 0 Å². The van der Waals surface area contributed by atoms with Gasteiger partial charge in [-0.15, -0.1) is 0 Å². The van der Waals surface area contributed by atoms with Crippen LogP contribution in [0, 0.1) is 5.92 Å². The Balaban J connectivity index is 2.78. The van der Waals surface area contributed by atoms with Crippen LogP contribution in [-0.2, 0) is 14.3 Å². The van der Waals surface area contributed by atoms with E-state index < -0.39 is 17.5 Å². The Morgan fingerprint density at radius 2 is 2.00 bits per heavy atom. The van der Waals surface area contributed by atoms with Gasteiger partial charge in [0.15, 0.2) is 5.78 Å². The molecule has 0 saturated carbocycles. The number of esters is 1. The number of Topliss-reactive ketones (excluding diaryl/α,β-unsaturated/α-hetero) is 1. The first-order chi connectivity index (χ1) is 4.92. The molecule has 62 valence electrons. The van der Waals surface area contributed by atoms with E-state index in [0.717, 1.165) is 0 Å². The smallest absolute Gasteiger partial charge is 0.316 e. The number of hydrogen-bond acceptors (Lipinski definition) is 3. The summed E-state index contributed by atoms with van der Waals surface area (Å²) in [6.07, 6.45) is 0.333. The molecule has 0 aliphatic carbocycles. The van der Waals surface area contributed by atoms with Gasteiger partial charge in [0.2, 0.25) is 0 Å². The molecule has 1 rings (SSSR count). The van der Waals surface area contributed by atoms with Gasteiger partial charge in [-0.2, -0.15) is 0 Å². The Bertz CT molecular complexity index is 185. The third-order valence-corrected chi connectivity index (χ3v) is 1.81. The van der Waals surface area contributed by atoms with E-state index in [4.69, 9.17) is 4.74 Å². The predicted molar refractivity (Wildman–Crippen MR) is 39.0 cm³/mol. The average molecular weight is 156 g/mol. The molecule has 3 heteroatoms. The standard InChI is InChI=1S/C8H12O3/c1-5-6(9)4-8(2,3)11-7(5)10/h5H,4H2,1-3H3. The van der Waals surface area contributed by atoms with Crippen molar-refractivity contribution in [2.45, 2.75) is 32.8 Å². The maximum absolute atomic E-state index is 11.1. The fourth-order valence-corrected chi connectivity index (χ4v) is 1.10. The monoisotopic (exact) mass is 156 g/mol. The van der Waals surface area contributed by atoms with E-state index in [9.17, 15) is 9.59 Å². The topological polar surface area (TPSA) is 43.4 Å². The van der Waals surface area contributed by atoms with E-state index in [2.05, 4.69) is 0 Å². The number of ether oxygens (including phenoxy) is 1. The van der Waals surface area contributed by atoms with Gasteiger partial charge < -0.3 is 4.74 Å². The van der Waals surface area contributed by atoms with Crippen LogP contribution in [0.15, 0.2) is 0 Å². The average Bonchev–Trinajstić information content (AvgIpc) is 1.81. The van der Waals surface area contributed by atoms with Crippen molar-refractivity contribution in [3.05, 3.63) is 0 Å². The highest BCUT2D eigenvalue weighted by Gasteiger charge is 2.38. The summed E-state index contributed by atoms with van der Waals surface area (Å²) in [6.45, 7) is 5.07. The highest BCUT2D eigenvalue weighted by molar-refractivity contribution is 6.01. The predicted octanol–water partition coefficient (Wildman–Crippen LogP) is 0.917. The number of hydrogen-bond donors (Lipinski definition) is 0. The van der Waals surface area contributed by atoms with E-state index in [1.54, 1.807) is 20.8 Å². The van der Waals surface area contributed by atoms with E-state index in [0.29, 0.717) is 6.42 Å². The molecule has 0 radical (unpaired) electrons. The molecular formula is C8H12O3. The van der Waals surface area contributed by atoms with Crippen molar-refractivity contribution >= 4 is 11.8 Å². The molecule has 1 fully saturated rings. The largest absolute Gasteiger partial charge is 0.459 e. The first-order valence-corrected chi connectivity index (χ1v) is 3.68. The fourth-order valence-electron chi connectivity index (χ4n) is 1.10. The molecule has 1 unspecified atom stereocenters. The molecular weight excluding hydrogens is 144 g/mol. The lowest BCUT2D eigenvalue weighted by Gasteiger charge is -2.31. The SMILES string of the molecule is CC1C(=O)CC(C)(C)OC1=O. The molecule has 1 atom stereocenters. The summed E-state index contributed by atoms with van der Waals surface area (Å²) in [7, 11) is 0. The van der Waals surface area contributed by atoms with Gasteiger partial charge in [0.05, 0.1) is 0 Å². The number of carbonyl (C=O) groups excluding carboxylic acids is 2. The van der Waals surface area contributed by atoms with Gasteiger partial charge in [0, 0.05) is 6.42 Å². The van der Waals surface area contributed by atoms with Crippen LogP contribution in [0.5, 0.6) is 0 Å². The minimum Gasteiger partial charge on any atom is -0.459 e. The quantitative estimate of drug-likeness (QED) is 0.387. The van der Waals surface area contributed by atoms with Crippen LogP contribution in [0.25, 0.3) is 0 Å². The second-order valence-electron chi connectivity index (χ2n) is 3.55.